The molecule has 42 heavy (non-hydrogen) atoms. The summed E-state index contributed by atoms with van der Waals surface area (Å²) in [5, 5.41) is 0. The van der Waals surface area contributed by atoms with Crippen LogP contribution in [-0.2, 0) is 17.7 Å². The van der Waals surface area contributed by atoms with Crippen molar-refractivity contribution in [2.45, 2.75) is 217 Å². The van der Waals surface area contributed by atoms with E-state index in [1.54, 1.807) is 0 Å². The Balaban J connectivity index is 2.29. The minimum atomic E-state index is -1.89. The molecule has 4 saturated carbocycles. The van der Waals surface area contributed by atoms with E-state index in [0.717, 1.165) is 38.5 Å². The molecule has 4 bridgehead atoms. The molecule has 0 spiro atoms. The Morgan fingerprint density at radius 1 is 0.286 bits per heavy atom. The van der Waals surface area contributed by atoms with Gasteiger partial charge >= 0.3 is 0 Å². The number of rotatable bonds is 20. The van der Waals surface area contributed by atoms with E-state index in [1.807, 2.05) is 0 Å². The standard InChI is InChI=1S/C34H72O4Si4/c1-13-39(14-2,15-3)35-31-25-32(36-40(16-4,17-5)18-6)28-33(26-31,37-41(19-7,20-8)21-9)30-34(27-31,29-32)38-42(22-10,23-11)24-12/h13-30H2,1-12H3. The third-order valence-electron chi connectivity index (χ3n) is 13.3. The zero-order chi connectivity index (χ0) is 31.6. The molecule has 0 aromatic carbocycles. The Labute approximate surface area is 266 Å². The predicted molar refractivity (Wildman–Crippen MR) is 192 cm³/mol. The average molecular weight is 657 g/mol. The van der Waals surface area contributed by atoms with Gasteiger partial charge in [0.2, 0.25) is 0 Å². The maximum atomic E-state index is 7.85. The van der Waals surface area contributed by atoms with E-state index in [2.05, 4.69) is 83.1 Å². The van der Waals surface area contributed by atoms with E-state index in [0.29, 0.717) is 0 Å². The molecule has 4 fully saturated rings. The lowest BCUT2D eigenvalue weighted by Crippen LogP contribution is -2.78. The Morgan fingerprint density at radius 2 is 0.405 bits per heavy atom. The van der Waals surface area contributed by atoms with Gasteiger partial charge in [-0.1, -0.05) is 83.1 Å². The first-order valence-corrected chi connectivity index (χ1v) is 28.7. The molecule has 248 valence electrons. The first-order valence-electron chi connectivity index (χ1n) is 18.6. The molecular formula is C34H72O4Si4. The highest BCUT2D eigenvalue weighted by Crippen LogP contribution is 2.68. The van der Waals surface area contributed by atoms with E-state index in [9.17, 15) is 0 Å². The van der Waals surface area contributed by atoms with Crippen LogP contribution >= 0.6 is 0 Å². The Bertz CT molecular complexity index is 657. The molecule has 4 aliphatic carbocycles. The van der Waals surface area contributed by atoms with Gasteiger partial charge in [0.1, 0.15) is 0 Å². The van der Waals surface area contributed by atoms with Crippen LogP contribution in [0.25, 0.3) is 0 Å². The van der Waals surface area contributed by atoms with Crippen LogP contribution in [0.1, 0.15) is 122 Å². The summed E-state index contributed by atoms with van der Waals surface area (Å²) in [6.07, 6.45) is 6.40. The highest BCUT2D eigenvalue weighted by atomic mass is 28.4. The fourth-order valence-corrected chi connectivity index (χ4v) is 22.7. The van der Waals surface area contributed by atoms with Crippen LogP contribution < -0.4 is 0 Å². The average Bonchev–Trinajstić information content (AvgIpc) is 2.99. The molecule has 0 heterocycles. The molecule has 0 aromatic heterocycles. The van der Waals surface area contributed by atoms with Gasteiger partial charge in [0.25, 0.3) is 0 Å². The highest BCUT2D eigenvalue weighted by Gasteiger charge is 2.73. The molecule has 0 radical (unpaired) electrons. The molecule has 0 aromatic rings. The van der Waals surface area contributed by atoms with Crippen molar-refractivity contribution < 1.29 is 17.7 Å². The smallest absolute Gasteiger partial charge is 0.192 e. The zero-order valence-electron chi connectivity index (χ0n) is 30.4. The van der Waals surface area contributed by atoms with Gasteiger partial charge in [0, 0.05) is 38.5 Å². The Hall–Kier alpha value is 0.708. The SMILES string of the molecule is CC[Si](CC)(CC)OC12CC3(O[Si](CC)(CC)CC)CC(O[Si](CC)(CC)CC)(C1)CC(O[Si](CC)(CC)CC)(C2)C3. The lowest BCUT2D eigenvalue weighted by atomic mass is 9.48. The first-order chi connectivity index (χ1) is 19.8. The van der Waals surface area contributed by atoms with Gasteiger partial charge in [0.05, 0.1) is 22.4 Å². The van der Waals surface area contributed by atoms with Gasteiger partial charge in [-0.3, -0.25) is 0 Å². The first kappa shape index (κ1) is 37.2. The van der Waals surface area contributed by atoms with E-state index < -0.39 is 33.3 Å². The predicted octanol–water partition coefficient (Wildman–Crippen LogP) is 11.4. The van der Waals surface area contributed by atoms with Crippen LogP contribution in [0.2, 0.25) is 72.5 Å². The van der Waals surface area contributed by atoms with Gasteiger partial charge in [-0.2, -0.15) is 0 Å². The summed E-state index contributed by atoms with van der Waals surface area (Å²) in [7, 11) is -7.54. The second-order valence-corrected chi connectivity index (χ2v) is 33.9. The third-order valence-corrected chi connectivity index (χ3v) is 32.3. The molecule has 4 nitrogen and oxygen atoms in total. The van der Waals surface area contributed by atoms with Crippen LogP contribution in [0.3, 0.4) is 0 Å². The molecule has 0 saturated heterocycles. The van der Waals surface area contributed by atoms with Crippen LogP contribution in [-0.4, -0.2) is 55.7 Å². The minimum Gasteiger partial charge on any atom is -0.411 e. The van der Waals surface area contributed by atoms with E-state index >= 15 is 0 Å². The quantitative estimate of drug-likeness (QED) is 0.122. The molecule has 0 atom stereocenters. The lowest BCUT2D eigenvalue weighted by molar-refractivity contribution is -0.280. The fourth-order valence-electron chi connectivity index (χ4n) is 10.4. The molecule has 0 unspecified atom stereocenters. The van der Waals surface area contributed by atoms with Crippen molar-refractivity contribution in [2.75, 3.05) is 0 Å². The minimum absolute atomic E-state index is 0.177. The summed E-state index contributed by atoms with van der Waals surface area (Å²) in [5.74, 6) is 0. The summed E-state index contributed by atoms with van der Waals surface area (Å²) in [6.45, 7) is 28.8. The van der Waals surface area contributed by atoms with Gasteiger partial charge in [-0.25, -0.2) is 0 Å². The Kier molecular flexibility index (Phi) is 12.2. The van der Waals surface area contributed by atoms with Gasteiger partial charge in [-0.05, 0) is 72.5 Å². The normalized spacial score (nSPS) is 31.7. The van der Waals surface area contributed by atoms with E-state index in [1.165, 1.54) is 72.5 Å². The molecule has 8 heteroatoms. The molecule has 0 N–H and O–H groups in total. The molecule has 4 aliphatic rings. The maximum absolute atomic E-state index is 7.85. The monoisotopic (exact) mass is 656 g/mol. The Morgan fingerprint density at radius 3 is 0.500 bits per heavy atom. The molecular weight excluding hydrogens is 585 g/mol. The topological polar surface area (TPSA) is 36.9 Å². The van der Waals surface area contributed by atoms with E-state index in [4.69, 9.17) is 17.7 Å². The summed E-state index contributed by atoms with van der Waals surface area (Å²) in [6, 6.07) is 14.4. The molecule has 0 amide bonds. The van der Waals surface area contributed by atoms with Crippen LogP contribution in [0, 0.1) is 0 Å². The zero-order valence-corrected chi connectivity index (χ0v) is 34.4. The van der Waals surface area contributed by atoms with Crippen molar-refractivity contribution in [1.29, 1.82) is 0 Å². The van der Waals surface area contributed by atoms with Gasteiger partial charge in [-0.15, -0.1) is 0 Å². The van der Waals surface area contributed by atoms with Crippen LogP contribution in [0.15, 0.2) is 0 Å². The molecule has 4 rings (SSSR count). The van der Waals surface area contributed by atoms with Crippen LogP contribution in [0.5, 0.6) is 0 Å². The lowest BCUT2D eigenvalue weighted by Gasteiger charge is -2.72. The van der Waals surface area contributed by atoms with E-state index in [-0.39, 0.29) is 22.4 Å². The summed E-state index contributed by atoms with van der Waals surface area (Å²) >= 11 is 0. The van der Waals surface area contributed by atoms with Gasteiger partial charge < -0.3 is 17.7 Å². The summed E-state index contributed by atoms with van der Waals surface area (Å²) in [5.41, 5.74) is -0.710. The van der Waals surface area contributed by atoms with Crippen molar-refractivity contribution in [3.8, 4) is 0 Å². The highest BCUT2D eigenvalue weighted by molar-refractivity contribution is 6.75. The van der Waals surface area contributed by atoms with Crippen molar-refractivity contribution in [3.05, 3.63) is 0 Å². The fraction of sp³-hybridized carbons (Fsp3) is 1.00. The second-order valence-electron chi connectivity index (χ2n) is 15.2. The third kappa shape index (κ3) is 6.86. The molecule has 0 aliphatic heterocycles. The van der Waals surface area contributed by atoms with Gasteiger partial charge in [0.15, 0.2) is 33.3 Å². The summed E-state index contributed by atoms with van der Waals surface area (Å²) in [4.78, 5) is 0. The maximum Gasteiger partial charge on any atom is 0.192 e. The number of hydrogen-bond donors (Lipinski definition) is 0. The largest absolute Gasteiger partial charge is 0.411 e. The van der Waals surface area contributed by atoms with Crippen molar-refractivity contribution in [2.24, 2.45) is 0 Å². The van der Waals surface area contributed by atoms with Crippen molar-refractivity contribution >= 4 is 33.3 Å². The second kappa shape index (κ2) is 13.8. The van der Waals surface area contributed by atoms with Crippen molar-refractivity contribution in [3.63, 3.8) is 0 Å². The van der Waals surface area contributed by atoms with Crippen molar-refractivity contribution in [1.82, 2.24) is 0 Å². The van der Waals surface area contributed by atoms with Crippen LogP contribution in [0.4, 0.5) is 0 Å². The summed E-state index contributed by atoms with van der Waals surface area (Å²) < 4.78 is 31.4. The number of hydrogen-bond acceptors (Lipinski definition) is 4.